The number of hydrogen-bond acceptors (Lipinski definition) is 5. The minimum atomic E-state index is -0.261. The van der Waals surface area contributed by atoms with Crippen molar-refractivity contribution in [2.45, 2.75) is 53.0 Å². The number of tetrazole rings is 1. The lowest BCUT2D eigenvalue weighted by Crippen LogP contribution is -2.29. The molecule has 1 N–H and O–H groups in total. The van der Waals surface area contributed by atoms with Gasteiger partial charge in [0.2, 0.25) is 11.7 Å². The highest BCUT2D eigenvalue weighted by Gasteiger charge is 2.17. The Kier molecular flexibility index (Phi) is 7.15. The fraction of sp³-hybridized carbons (Fsp3) is 0.346. The van der Waals surface area contributed by atoms with Crippen LogP contribution in [0, 0.1) is 5.92 Å². The van der Waals surface area contributed by atoms with E-state index in [2.05, 4.69) is 34.5 Å². The molecule has 0 saturated carbocycles. The summed E-state index contributed by atoms with van der Waals surface area (Å²) in [5.74, 6) is 0.777. The van der Waals surface area contributed by atoms with Gasteiger partial charge in [-0.05, 0) is 40.7 Å². The van der Waals surface area contributed by atoms with Crippen LogP contribution in [0.2, 0.25) is 0 Å². The molecule has 176 valence electrons. The van der Waals surface area contributed by atoms with Crippen LogP contribution in [-0.2, 0) is 13.0 Å². The maximum Gasteiger partial charge on any atom is 0.335 e. The SMILES string of the molecule is CCCCC(=O)n1cc(CC(C)C)n(Cc2ccc(-c3ccccc3-c3nn[nH]n3)cc2)c1=O. The number of H-pyrrole nitrogens is 1. The molecule has 4 rings (SSSR count). The van der Waals surface area contributed by atoms with Gasteiger partial charge in [0.25, 0.3) is 0 Å². The van der Waals surface area contributed by atoms with Crippen molar-refractivity contribution in [3.05, 3.63) is 76.5 Å². The summed E-state index contributed by atoms with van der Waals surface area (Å²) >= 11 is 0. The van der Waals surface area contributed by atoms with E-state index in [0.29, 0.717) is 24.7 Å². The first kappa shape index (κ1) is 23.4. The quantitative estimate of drug-likeness (QED) is 0.396. The van der Waals surface area contributed by atoms with Gasteiger partial charge in [0, 0.05) is 23.9 Å². The Morgan fingerprint density at radius 3 is 2.44 bits per heavy atom. The van der Waals surface area contributed by atoms with Crippen LogP contribution >= 0.6 is 0 Å². The third kappa shape index (κ3) is 5.06. The molecule has 8 nitrogen and oxygen atoms in total. The molecule has 0 amide bonds. The summed E-state index contributed by atoms with van der Waals surface area (Å²) in [7, 11) is 0. The number of imidazole rings is 1. The molecule has 0 unspecified atom stereocenters. The topological polar surface area (TPSA) is 98.5 Å². The van der Waals surface area contributed by atoms with Gasteiger partial charge in [0.15, 0.2) is 0 Å². The van der Waals surface area contributed by atoms with Crippen LogP contribution in [0.1, 0.15) is 56.1 Å². The Labute approximate surface area is 198 Å². The summed E-state index contributed by atoms with van der Waals surface area (Å²) in [6.45, 7) is 6.68. The molecule has 0 aliphatic rings. The van der Waals surface area contributed by atoms with Crippen LogP contribution in [0.3, 0.4) is 0 Å². The molecule has 0 bridgehead atoms. The van der Waals surface area contributed by atoms with Crippen LogP contribution in [0.5, 0.6) is 0 Å². The van der Waals surface area contributed by atoms with Crippen molar-refractivity contribution in [3.63, 3.8) is 0 Å². The van der Waals surface area contributed by atoms with Gasteiger partial charge in [-0.25, -0.2) is 9.36 Å². The standard InChI is InChI=1S/C26H30N6O2/c1-4-5-10-24(33)32-17-21(15-18(2)3)31(26(32)34)16-19-11-13-20(14-12-19)22-8-6-7-9-23(22)25-27-29-30-28-25/h6-9,11-14,17-18H,4-5,10,15-16H2,1-3H3,(H,27,28,29,30). The molecule has 34 heavy (non-hydrogen) atoms. The Bertz CT molecular complexity index is 1300. The summed E-state index contributed by atoms with van der Waals surface area (Å²) in [6.07, 6.45) is 4.55. The van der Waals surface area contributed by atoms with Crippen molar-refractivity contribution >= 4 is 5.91 Å². The molecule has 0 atom stereocenters. The van der Waals surface area contributed by atoms with Gasteiger partial charge in [-0.3, -0.25) is 9.36 Å². The normalized spacial score (nSPS) is 11.3. The predicted octanol–water partition coefficient (Wildman–Crippen LogP) is 4.57. The fourth-order valence-electron chi connectivity index (χ4n) is 4.08. The first-order valence-corrected chi connectivity index (χ1v) is 11.7. The number of nitrogens with zero attached hydrogens (tertiary/aromatic N) is 5. The van der Waals surface area contributed by atoms with Crippen LogP contribution < -0.4 is 5.69 Å². The average molecular weight is 459 g/mol. The van der Waals surface area contributed by atoms with Crippen molar-refractivity contribution < 1.29 is 4.79 Å². The molecule has 4 aromatic rings. The Morgan fingerprint density at radius 2 is 1.79 bits per heavy atom. The Hall–Kier alpha value is -3.81. The summed E-state index contributed by atoms with van der Waals surface area (Å²) in [5, 5.41) is 14.4. The van der Waals surface area contributed by atoms with E-state index in [1.54, 1.807) is 10.8 Å². The van der Waals surface area contributed by atoms with E-state index in [-0.39, 0.29) is 11.6 Å². The minimum Gasteiger partial charge on any atom is -0.292 e. The van der Waals surface area contributed by atoms with Gasteiger partial charge in [-0.1, -0.05) is 75.7 Å². The third-order valence-corrected chi connectivity index (χ3v) is 5.81. The predicted molar refractivity (Wildman–Crippen MR) is 132 cm³/mol. The van der Waals surface area contributed by atoms with E-state index in [4.69, 9.17) is 0 Å². The molecule has 0 aliphatic heterocycles. The lowest BCUT2D eigenvalue weighted by atomic mass is 9.98. The monoisotopic (exact) mass is 458 g/mol. The summed E-state index contributed by atoms with van der Waals surface area (Å²) in [6, 6.07) is 16.0. The van der Waals surface area contributed by atoms with Crippen molar-refractivity contribution in [3.8, 4) is 22.5 Å². The number of aromatic amines is 1. The number of unbranched alkanes of at least 4 members (excludes halogenated alkanes) is 1. The molecule has 0 radical (unpaired) electrons. The highest BCUT2D eigenvalue weighted by molar-refractivity contribution is 5.80. The van der Waals surface area contributed by atoms with Crippen LogP contribution in [-0.4, -0.2) is 35.7 Å². The number of benzene rings is 2. The largest absolute Gasteiger partial charge is 0.335 e. The highest BCUT2D eigenvalue weighted by atomic mass is 16.2. The molecule has 0 fully saturated rings. The van der Waals surface area contributed by atoms with E-state index in [0.717, 1.165) is 47.2 Å². The van der Waals surface area contributed by atoms with E-state index in [1.807, 2.05) is 55.5 Å². The number of hydrogen-bond donors (Lipinski definition) is 1. The maximum absolute atomic E-state index is 13.1. The Morgan fingerprint density at radius 1 is 1.06 bits per heavy atom. The first-order chi connectivity index (χ1) is 16.5. The van der Waals surface area contributed by atoms with Gasteiger partial charge >= 0.3 is 5.69 Å². The number of carbonyl (C=O) groups excluding carboxylic acids is 1. The second-order valence-electron chi connectivity index (χ2n) is 8.93. The van der Waals surface area contributed by atoms with E-state index < -0.39 is 0 Å². The summed E-state index contributed by atoms with van der Waals surface area (Å²) < 4.78 is 3.02. The van der Waals surface area contributed by atoms with Crippen molar-refractivity contribution in [1.29, 1.82) is 0 Å². The van der Waals surface area contributed by atoms with Gasteiger partial charge < -0.3 is 0 Å². The smallest absolute Gasteiger partial charge is 0.292 e. The number of nitrogens with one attached hydrogen (secondary N) is 1. The van der Waals surface area contributed by atoms with Gasteiger partial charge in [-0.2, -0.15) is 5.21 Å². The minimum absolute atomic E-state index is 0.135. The second-order valence-corrected chi connectivity index (χ2v) is 8.93. The van der Waals surface area contributed by atoms with Crippen molar-refractivity contribution in [2.24, 2.45) is 5.92 Å². The van der Waals surface area contributed by atoms with Crippen LogP contribution in [0.25, 0.3) is 22.5 Å². The zero-order valence-corrected chi connectivity index (χ0v) is 19.9. The third-order valence-electron chi connectivity index (χ3n) is 5.81. The molecule has 0 spiro atoms. The lowest BCUT2D eigenvalue weighted by molar-refractivity contribution is 0.0894. The van der Waals surface area contributed by atoms with Crippen LogP contribution in [0.15, 0.2) is 59.5 Å². The molecular formula is C26H30N6O2. The van der Waals surface area contributed by atoms with Crippen molar-refractivity contribution in [2.75, 3.05) is 0 Å². The zero-order valence-electron chi connectivity index (χ0n) is 19.9. The highest BCUT2D eigenvalue weighted by Crippen LogP contribution is 2.29. The van der Waals surface area contributed by atoms with Gasteiger partial charge in [0.05, 0.1) is 6.54 Å². The first-order valence-electron chi connectivity index (χ1n) is 11.7. The lowest BCUT2D eigenvalue weighted by Gasteiger charge is -2.11. The van der Waals surface area contributed by atoms with Crippen LogP contribution in [0.4, 0.5) is 0 Å². The molecule has 0 saturated heterocycles. The molecular weight excluding hydrogens is 428 g/mol. The Balaban J connectivity index is 1.62. The molecule has 2 aromatic heterocycles. The van der Waals surface area contributed by atoms with E-state index in [1.165, 1.54) is 4.57 Å². The molecule has 2 heterocycles. The van der Waals surface area contributed by atoms with E-state index in [9.17, 15) is 9.59 Å². The second kappa shape index (κ2) is 10.4. The average Bonchev–Trinajstić information content (AvgIpc) is 3.47. The summed E-state index contributed by atoms with van der Waals surface area (Å²) in [4.78, 5) is 25.7. The van der Waals surface area contributed by atoms with E-state index >= 15 is 0 Å². The zero-order chi connectivity index (χ0) is 24.1. The van der Waals surface area contributed by atoms with Gasteiger partial charge in [-0.15, -0.1) is 10.2 Å². The number of rotatable bonds is 9. The molecule has 8 heteroatoms. The maximum atomic E-state index is 13.1. The number of carbonyl (C=O) groups is 1. The number of aromatic nitrogens is 6. The molecule has 0 aliphatic carbocycles. The summed E-state index contributed by atoms with van der Waals surface area (Å²) in [5.41, 5.74) is 4.53. The van der Waals surface area contributed by atoms with Crippen molar-refractivity contribution in [1.82, 2.24) is 29.8 Å². The van der Waals surface area contributed by atoms with Gasteiger partial charge in [0.1, 0.15) is 0 Å². The molecule has 2 aromatic carbocycles. The fourth-order valence-corrected chi connectivity index (χ4v) is 4.08.